The monoisotopic (exact) mass is 276 g/mol. The summed E-state index contributed by atoms with van der Waals surface area (Å²) < 4.78 is 0. The molecule has 18 heavy (non-hydrogen) atoms. The summed E-state index contributed by atoms with van der Waals surface area (Å²) in [5.74, 6) is 22.1. The van der Waals surface area contributed by atoms with Crippen LogP contribution in [-0.4, -0.2) is 33.2 Å². The van der Waals surface area contributed by atoms with Crippen LogP contribution >= 0.6 is 0 Å². The minimum Gasteiger partial charge on any atom is -0.274 e. The summed E-state index contributed by atoms with van der Waals surface area (Å²) in [5, 5.41) is 1.50. The molecule has 12 N–H and O–H groups in total. The van der Waals surface area contributed by atoms with Gasteiger partial charge in [-0.15, -0.1) is 0 Å². The van der Waals surface area contributed by atoms with Crippen molar-refractivity contribution in [3.8, 4) is 0 Å². The predicted octanol–water partition coefficient (Wildman–Crippen LogP) is -0.276. The van der Waals surface area contributed by atoms with Crippen LogP contribution in [0.5, 0.6) is 0 Å². The second kappa shape index (κ2) is 187. The van der Waals surface area contributed by atoms with Gasteiger partial charge >= 0.3 is 0 Å². The normalized spacial score (nSPS) is 5.00. The number of nitrogens with zero attached hydrogens (tertiary/aromatic N) is 1. The Bertz CT molecular complexity index is 34.3. The second-order valence-electron chi connectivity index (χ2n) is 1.54. The molecular formula is C10H44N8. The first kappa shape index (κ1) is 52.5. The smallest absolute Gasteiger partial charge is 0.00105 e. The molecule has 0 fully saturated rings. The Hall–Kier alpha value is -0.320. The molecule has 0 saturated heterocycles. The van der Waals surface area contributed by atoms with Crippen molar-refractivity contribution in [3.05, 3.63) is 0 Å². The molecule has 0 unspecified atom stereocenters. The highest BCUT2D eigenvalue weighted by atomic mass is 15.4. The Morgan fingerprint density at radius 2 is 0.722 bits per heavy atom. The fourth-order valence-electron chi connectivity index (χ4n) is 0. The Kier molecular flexibility index (Phi) is 546. The minimum absolute atomic E-state index is 0. The van der Waals surface area contributed by atoms with Gasteiger partial charge in [0.2, 0.25) is 0 Å². The molecule has 0 aliphatic carbocycles. The summed E-state index contributed by atoms with van der Waals surface area (Å²) in [5.41, 5.74) is 4.50. The van der Waals surface area contributed by atoms with Crippen LogP contribution < -0.4 is 40.1 Å². The van der Waals surface area contributed by atoms with Gasteiger partial charge in [0.05, 0.1) is 0 Å². The number of nitrogens with two attached hydrogens (primary N) is 5. The van der Waals surface area contributed by atoms with Gasteiger partial charge in [-0.3, -0.25) is 45.1 Å². The van der Waals surface area contributed by atoms with Gasteiger partial charge in [0, 0.05) is 14.1 Å². The molecular weight excluding hydrogens is 232 g/mol. The van der Waals surface area contributed by atoms with Crippen molar-refractivity contribution in [3.63, 3.8) is 0 Å². The van der Waals surface area contributed by atoms with Crippen molar-refractivity contribution in [1.29, 1.82) is 0 Å². The van der Waals surface area contributed by atoms with Crippen molar-refractivity contribution in [1.82, 2.24) is 15.9 Å². The lowest BCUT2D eigenvalue weighted by atomic mass is 11.0. The van der Waals surface area contributed by atoms with Crippen LogP contribution in [0.2, 0.25) is 0 Å². The lowest BCUT2D eigenvalue weighted by molar-refractivity contribution is 0.432. The van der Waals surface area contributed by atoms with E-state index in [0.717, 1.165) is 0 Å². The summed E-state index contributed by atoms with van der Waals surface area (Å²) in [6.45, 7) is 8.00. The van der Waals surface area contributed by atoms with Crippen LogP contribution in [-0.2, 0) is 0 Å². The highest BCUT2D eigenvalue weighted by Gasteiger charge is 1.57. The summed E-state index contributed by atoms with van der Waals surface area (Å²) in [6.07, 6.45) is 0. The van der Waals surface area contributed by atoms with E-state index in [1.165, 1.54) is 5.01 Å². The topological polar surface area (TPSA) is 157 Å². The van der Waals surface area contributed by atoms with Crippen molar-refractivity contribution < 1.29 is 0 Å². The number of rotatable bonds is 0. The lowest BCUT2D eigenvalue weighted by Crippen LogP contribution is -2.18. The fourth-order valence-corrected chi connectivity index (χ4v) is 0. The first-order valence-corrected chi connectivity index (χ1v) is 5.06. The zero-order chi connectivity index (χ0) is 15.0. The maximum Gasteiger partial charge on any atom is 0.00105 e. The van der Waals surface area contributed by atoms with Crippen molar-refractivity contribution >= 4 is 0 Å². The van der Waals surface area contributed by atoms with E-state index in [9.17, 15) is 0 Å². The number of hydrogen-bond acceptors (Lipinski definition) is 8. The molecule has 0 bridgehead atoms. The van der Waals surface area contributed by atoms with Crippen LogP contribution in [0.25, 0.3) is 0 Å². The molecule has 0 radical (unpaired) electrons. The number of hydrazine groups is 4. The second-order valence-corrected chi connectivity index (χ2v) is 1.54. The van der Waals surface area contributed by atoms with Crippen molar-refractivity contribution in [2.75, 3.05) is 28.2 Å². The molecule has 0 aromatic rings. The Labute approximate surface area is 117 Å². The van der Waals surface area contributed by atoms with Gasteiger partial charge in [-0.25, -0.2) is 0 Å². The largest absolute Gasteiger partial charge is 0.274 e. The lowest BCUT2D eigenvalue weighted by Gasteiger charge is -1.91. The van der Waals surface area contributed by atoms with E-state index < -0.39 is 0 Å². The Morgan fingerprint density at radius 1 is 0.722 bits per heavy atom. The van der Waals surface area contributed by atoms with Crippen LogP contribution in [0.3, 0.4) is 0 Å². The first-order valence-electron chi connectivity index (χ1n) is 5.06. The van der Waals surface area contributed by atoms with Gasteiger partial charge in [-0.1, -0.05) is 42.5 Å². The average Bonchev–Trinajstić information content (AvgIpc) is 2.27. The van der Waals surface area contributed by atoms with Crippen LogP contribution in [0.4, 0.5) is 0 Å². The van der Waals surface area contributed by atoms with Crippen LogP contribution in [0.15, 0.2) is 0 Å². The van der Waals surface area contributed by atoms with Gasteiger partial charge in [-0.05, 0) is 14.1 Å². The van der Waals surface area contributed by atoms with Crippen LogP contribution in [0.1, 0.15) is 42.5 Å². The molecule has 0 aromatic carbocycles. The third kappa shape index (κ3) is 33000. The summed E-state index contributed by atoms with van der Waals surface area (Å²) in [6, 6.07) is 0. The van der Waals surface area contributed by atoms with E-state index in [1.54, 1.807) is 28.2 Å². The maximum atomic E-state index is 4.94. The first-order chi connectivity index (χ1) is 7.56. The summed E-state index contributed by atoms with van der Waals surface area (Å²) in [7, 11) is 6.86. The molecule has 0 aromatic heterocycles. The van der Waals surface area contributed by atoms with Crippen LogP contribution in [0, 0.1) is 0 Å². The number of hydrogen-bond donors (Lipinski definition) is 7. The van der Waals surface area contributed by atoms with Gasteiger partial charge in [0.15, 0.2) is 0 Å². The molecule has 0 amide bonds. The molecule has 8 nitrogen and oxygen atoms in total. The maximum absolute atomic E-state index is 4.94. The molecule has 0 rings (SSSR count). The molecule has 0 heterocycles. The zero-order valence-corrected chi connectivity index (χ0v) is 12.3. The van der Waals surface area contributed by atoms with E-state index in [4.69, 9.17) is 5.84 Å². The summed E-state index contributed by atoms with van der Waals surface area (Å²) >= 11 is 0. The van der Waals surface area contributed by atoms with E-state index in [-0.39, 0.29) is 14.9 Å². The Balaban J connectivity index is -0.0000000111. The molecule has 0 spiro atoms. The molecule has 0 aliphatic heterocycles. The molecule has 0 aliphatic rings. The predicted molar refractivity (Wildman–Crippen MR) is 88.9 cm³/mol. The highest BCUT2D eigenvalue weighted by molar-refractivity contribution is 4.01. The quantitative estimate of drug-likeness (QED) is 0.235. The Morgan fingerprint density at radius 3 is 0.722 bits per heavy atom. The van der Waals surface area contributed by atoms with Crippen molar-refractivity contribution in [2.24, 2.45) is 29.2 Å². The average molecular weight is 277 g/mol. The SMILES string of the molecule is C.C.CC.CC.CN(C)N.CNN.CNN.NN. The van der Waals surface area contributed by atoms with E-state index in [0.29, 0.717) is 0 Å². The van der Waals surface area contributed by atoms with Gasteiger partial charge < -0.3 is 0 Å². The third-order valence-electron chi connectivity index (χ3n) is 0. The summed E-state index contributed by atoms with van der Waals surface area (Å²) in [4.78, 5) is 0. The van der Waals surface area contributed by atoms with Gasteiger partial charge in [-0.2, -0.15) is 0 Å². The standard InChI is InChI=1S/C2H8N2.2C2H6.2CH6N2.2CH4.H4N2/c1-4(2)3;2*1-2;2*1-3-2;;;1-2/h3H2,1-2H3;2*1-2H3;2*3H,2H2,1H3;2*1H4;1-2H2. The van der Waals surface area contributed by atoms with E-state index in [2.05, 4.69) is 34.2 Å². The fraction of sp³-hybridized carbons (Fsp3) is 1.00. The molecule has 0 saturated carbocycles. The molecule has 8 heteroatoms. The van der Waals surface area contributed by atoms with E-state index in [1.807, 2.05) is 27.7 Å². The number of nitrogens with one attached hydrogen (secondary N) is 2. The zero-order valence-electron chi connectivity index (χ0n) is 12.3. The van der Waals surface area contributed by atoms with Gasteiger partial charge in [0.25, 0.3) is 0 Å². The minimum atomic E-state index is 0. The third-order valence-corrected chi connectivity index (χ3v) is 0. The highest BCUT2D eigenvalue weighted by Crippen LogP contribution is 1.37. The molecule has 0 atom stereocenters. The van der Waals surface area contributed by atoms with Crippen molar-refractivity contribution in [2.45, 2.75) is 42.5 Å². The van der Waals surface area contributed by atoms with Gasteiger partial charge in [0.1, 0.15) is 0 Å². The van der Waals surface area contributed by atoms with E-state index >= 15 is 0 Å². The molecule has 124 valence electrons.